The molecular weight excluding hydrogens is 363 g/mol. The van der Waals surface area contributed by atoms with Gasteiger partial charge in [-0.05, 0) is 31.2 Å². The first kappa shape index (κ1) is 17.8. The molecule has 4 aromatic rings. The molecule has 0 unspecified atom stereocenters. The highest BCUT2D eigenvalue weighted by Gasteiger charge is 2.17. The van der Waals surface area contributed by atoms with Crippen LogP contribution in [-0.4, -0.2) is 32.2 Å². The molecule has 0 fully saturated rings. The molecule has 1 atom stereocenters. The Morgan fingerprint density at radius 2 is 2.04 bits per heavy atom. The van der Waals surface area contributed by atoms with Crippen molar-refractivity contribution in [3.8, 4) is 17.0 Å². The van der Waals surface area contributed by atoms with Crippen molar-refractivity contribution >= 4 is 16.7 Å². The van der Waals surface area contributed by atoms with Crippen LogP contribution >= 0.6 is 0 Å². The summed E-state index contributed by atoms with van der Waals surface area (Å²) in [5, 5.41) is 7.95. The molecule has 0 amide bonds. The predicted molar refractivity (Wildman–Crippen MR) is 100 cm³/mol. The minimum absolute atomic E-state index is 0.242. The number of aryl methyl sites for hydroxylation is 1. The van der Waals surface area contributed by atoms with Crippen LogP contribution in [0.4, 0.5) is 10.2 Å². The molecule has 0 saturated carbocycles. The highest BCUT2D eigenvalue weighted by Crippen LogP contribution is 2.34. The van der Waals surface area contributed by atoms with Crippen molar-refractivity contribution in [2.75, 3.05) is 12.4 Å². The lowest BCUT2D eigenvalue weighted by atomic mass is 10.1. The summed E-state index contributed by atoms with van der Waals surface area (Å²) >= 11 is 0. The molecule has 3 aromatic heterocycles. The summed E-state index contributed by atoms with van der Waals surface area (Å²) in [5.41, 5.74) is 2.01. The van der Waals surface area contributed by atoms with Crippen LogP contribution < -0.4 is 10.1 Å². The molecule has 0 aliphatic rings. The van der Waals surface area contributed by atoms with Crippen LogP contribution in [0.15, 0.2) is 41.3 Å². The van der Waals surface area contributed by atoms with E-state index in [0.29, 0.717) is 34.5 Å². The Hall–Kier alpha value is -3.62. The topological polar surface area (TPSA) is 98.8 Å². The van der Waals surface area contributed by atoms with Gasteiger partial charge in [-0.2, -0.15) is 4.98 Å². The maximum absolute atomic E-state index is 13.2. The summed E-state index contributed by atoms with van der Waals surface area (Å²) < 4.78 is 23.8. The number of nitrogens with zero attached hydrogens (tertiary/aromatic N) is 5. The van der Waals surface area contributed by atoms with E-state index in [1.165, 1.54) is 18.6 Å². The fraction of sp³-hybridized carbons (Fsp3) is 0.211. The molecular formula is C19H17FN6O2. The molecule has 142 valence electrons. The molecule has 0 aliphatic carbocycles. The average molecular weight is 380 g/mol. The molecule has 1 aromatic carbocycles. The van der Waals surface area contributed by atoms with Crippen molar-refractivity contribution in [3.05, 3.63) is 54.3 Å². The van der Waals surface area contributed by atoms with Gasteiger partial charge in [0.2, 0.25) is 5.89 Å². The Balaban J connectivity index is 1.80. The largest absolute Gasteiger partial charge is 0.494 e. The fourth-order valence-corrected chi connectivity index (χ4v) is 2.86. The molecule has 3 heterocycles. The zero-order chi connectivity index (χ0) is 19.7. The summed E-state index contributed by atoms with van der Waals surface area (Å²) in [5.74, 6) is 1.76. The number of benzene rings is 1. The van der Waals surface area contributed by atoms with Gasteiger partial charge in [0.25, 0.3) is 0 Å². The number of fused-ring (bicyclic) bond motifs is 1. The normalized spacial score (nSPS) is 12.1. The minimum Gasteiger partial charge on any atom is -0.494 e. The lowest BCUT2D eigenvalue weighted by molar-refractivity contribution is 0.385. The molecule has 4 rings (SSSR count). The lowest BCUT2D eigenvalue weighted by Gasteiger charge is -2.15. The number of nitrogens with one attached hydrogen (secondary N) is 1. The monoisotopic (exact) mass is 380 g/mol. The zero-order valence-electron chi connectivity index (χ0n) is 15.5. The van der Waals surface area contributed by atoms with Gasteiger partial charge in [-0.15, -0.1) is 0 Å². The number of halogens is 1. The summed E-state index contributed by atoms with van der Waals surface area (Å²) in [7, 11) is 1.57. The number of rotatable bonds is 5. The second-order valence-corrected chi connectivity index (χ2v) is 6.20. The van der Waals surface area contributed by atoms with E-state index in [-0.39, 0.29) is 6.04 Å². The van der Waals surface area contributed by atoms with Crippen LogP contribution in [0.2, 0.25) is 0 Å². The maximum atomic E-state index is 13.2. The Kier molecular flexibility index (Phi) is 4.56. The predicted octanol–water partition coefficient (Wildman–Crippen LogP) is 3.70. The fourth-order valence-electron chi connectivity index (χ4n) is 2.86. The van der Waals surface area contributed by atoms with Gasteiger partial charge >= 0.3 is 0 Å². The second-order valence-electron chi connectivity index (χ2n) is 6.20. The van der Waals surface area contributed by atoms with Crippen LogP contribution in [0.1, 0.15) is 24.7 Å². The average Bonchev–Trinajstić information content (AvgIpc) is 3.14. The van der Waals surface area contributed by atoms with E-state index < -0.39 is 5.82 Å². The van der Waals surface area contributed by atoms with Gasteiger partial charge in [-0.1, -0.05) is 5.16 Å². The van der Waals surface area contributed by atoms with Crippen molar-refractivity contribution in [2.24, 2.45) is 0 Å². The zero-order valence-corrected chi connectivity index (χ0v) is 15.5. The van der Waals surface area contributed by atoms with Crippen LogP contribution in [0.5, 0.6) is 5.75 Å². The quantitative estimate of drug-likeness (QED) is 0.559. The van der Waals surface area contributed by atoms with Crippen LogP contribution in [0.25, 0.3) is 22.2 Å². The Bertz CT molecular complexity index is 1130. The van der Waals surface area contributed by atoms with E-state index in [1.807, 2.05) is 19.1 Å². The summed E-state index contributed by atoms with van der Waals surface area (Å²) in [4.78, 5) is 17.1. The molecule has 28 heavy (non-hydrogen) atoms. The van der Waals surface area contributed by atoms with Gasteiger partial charge in [-0.3, -0.25) is 4.98 Å². The van der Waals surface area contributed by atoms with Crippen molar-refractivity contribution in [1.29, 1.82) is 0 Å². The third kappa shape index (κ3) is 3.34. The number of anilines is 1. The summed E-state index contributed by atoms with van der Waals surface area (Å²) in [6.45, 7) is 3.64. The Labute approximate surface area is 159 Å². The number of hydrogen-bond donors (Lipinski definition) is 1. The van der Waals surface area contributed by atoms with Crippen LogP contribution in [0, 0.1) is 12.7 Å². The first-order chi connectivity index (χ1) is 13.5. The molecule has 0 bridgehead atoms. The van der Waals surface area contributed by atoms with Crippen LogP contribution in [-0.2, 0) is 0 Å². The Morgan fingerprint density at radius 1 is 1.18 bits per heavy atom. The van der Waals surface area contributed by atoms with E-state index in [1.54, 1.807) is 20.1 Å². The van der Waals surface area contributed by atoms with Gasteiger partial charge in [0, 0.05) is 17.9 Å². The van der Waals surface area contributed by atoms with Gasteiger partial charge in [0.05, 0.1) is 25.0 Å². The van der Waals surface area contributed by atoms with Gasteiger partial charge in [0.15, 0.2) is 5.82 Å². The standard InChI is InChI=1S/C19H17FN6O2/c1-10(18-25-11(2)28-26-18)24-19-14-6-12(15-5-4-13(20)8-21-15)7-16(27-3)17(14)22-9-23-19/h4-10H,1-3H3,(H,22,23,24)/t10-/m1/s1. The van der Waals surface area contributed by atoms with E-state index in [9.17, 15) is 4.39 Å². The third-order valence-electron chi connectivity index (χ3n) is 4.23. The van der Waals surface area contributed by atoms with E-state index in [4.69, 9.17) is 9.26 Å². The highest BCUT2D eigenvalue weighted by atomic mass is 19.1. The van der Waals surface area contributed by atoms with Crippen molar-refractivity contribution in [3.63, 3.8) is 0 Å². The van der Waals surface area contributed by atoms with Crippen molar-refractivity contribution in [2.45, 2.75) is 19.9 Å². The molecule has 0 radical (unpaired) electrons. The summed E-state index contributed by atoms with van der Waals surface area (Å²) in [6.07, 6.45) is 2.63. The van der Waals surface area contributed by atoms with E-state index in [0.717, 1.165) is 10.9 Å². The number of methoxy groups -OCH3 is 1. The second kappa shape index (κ2) is 7.18. The number of pyridine rings is 1. The molecule has 8 nitrogen and oxygen atoms in total. The van der Waals surface area contributed by atoms with E-state index >= 15 is 0 Å². The molecule has 0 aliphatic heterocycles. The number of hydrogen-bond acceptors (Lipinski definition) is 8. The molecule has 0 spiro atoms. The minimum atomic E-state index is -0.397. The molecule has 1 N–H and O–H groups in total. The van der Waals surface area contributed by atoms with Gasteiger partial charge < -0.3 is 14.6 Å². The van der Waals surface area contributed by atoms with Crippen molar-refractivity contribution in [1.82, 2.24) is 25.1 Å². The lowest BCUT2D eigenvalue weighted by Crippen LogP contribution is -2.10. The molecule has 0 saturated heterocycles. The maximum Gasteiger partial charge on any atom is 0.223 e. The SMILES string of the molecule is COc1cc(-c2ccc(F)cn2)cc2c(N[C@H](C)c3noc(C)n3)ncnc12. The number of ether oxygens (including phenoxy) is 1. The van der Waals surface area contributed by atoms with E-state index in [2.05, 4.69) is 30.4 Å². The van der Waals surface area contributed by atoms with Gasteiger partial charge in [0.1, 0.15) is 29.2 Å². The highest BCUT2D eigenvalue weighted by molar-refractivity contribution is 5.96. The van der Waals surface area contributed by atoms with Crippen LogP contribution in [0.3, 0.4) is 0 Å². The first-order valence-electron chi connectivity index (χ1n) is 8.56. The molecule has 9 heteroatoms. The van der Waals surface area contributed by atoms with Crippen molar-refractivity contribution < 1.29 is 13.7 Å². The number of aromatic nitrogens is 5. The third-order valence-corrected chi connectivity index (χ3v) is 4.23. The first-order valence-corrected chi connectivity index (χ1v) is 8.56. The Morgan fingerprint density at radius 3 is 2.71 bits per heavy atom. The summed E-state index contributed by atoms with van der Waals surface area (Å²) in [6, 6.07) is 6.42. The van der Waals surface area contributed by atoms with Gasteiger partial charge in [-0.25, -0.2) is 14.4 Å². The smallest absolute Gasteiger partial charge is 0.223 e.